The van der Waals surface area contributed by atoms with Gasteiger partial charge >= 0.3 is 0 Å². The Kier molecular flexibility index (Phi) is 9.15. The van der Waals surface area contributed by atoms with Gasteiger partial charge in [0.2, 0.25) is 0 Å². The number of fused-ring (bicyclic) bond motifs is 3. The molecule has 3 saturated carbocycles. The fraction of sp³-hybridized carbons (Fsp3) is 0.571. The summed E-state index contributed by atoms with van der Waals surface area (Å²) in [6.45, 7) is 12.9. The number of piperazine rings is 1. The van der Waals surface area contributed by atoms with Gasteiger partial charge in [0.25, 0.3) is 5.56 Å². The summed E-state index contributed by atoms with van der Waals surface area (Å²) in [6, 6.07) is 10.8. The molecule has 3 aromatic rings. The minimum Gasteiger partial charge on any atom is -0.497 e. The highest BCUT2D eigenvalue weighted by Crippen LogP contribution is 2.61. The van der Waals surface area contributed by atoms with E-state index in [0.29, 0.717) is 52.4 Å². The van der Waals surface area contributed by atoms with Gasteiger partial charge in [-0.1, -0.05) is 26.8 Å². The summed E-state index contributed by atoms with van der Waals surface area (Å²) in [5.74, 6) is 3.01. The van der Waals surface area contributed by atoms with Crippen molar-refractivity contribution < 1.29 is 13.9 Å². The van der Waals surface area contributed by atoms with Crippen LogP contribution in [0.3, 0.4) is 0 Å². The second kappa shape index (κ2) is 13.1. The molecule has 2 heterocycles. The van der Waals surface area contributed by atoms with E-state index >= 15 is 0 Å². The average molecular weight is 619 g/mol. The number of nitrogens with zero attached hydrogens (tertiary/aromatic N) is 5. The Bertz CT molecular complexity index is 1600. The molecular formula is C35H47FN6O3. The van der Waals surface area contributed by atoms with E-state index in [-0.39, 0.29) is 17.4 Å². The number of anilines is 1. The summed E-state index contributed by atoms with van der Waals surface area (Å²) in [5.41, 5.74) is 2.28. The first kappa shape index (κ1) is 31.5. The molecule has 0 amide bonds. The van der Waals surface area contributed by atoms with Crippen molar-refractivity contribution in [2.45, 2.75) is 52.6 Å². The number of halogens is 1. The Hall–Kier alpha value is -3.50. The molecule has 0 radical (unpaired) electrons. The number of benzene rings is 2. The maximum Gasteiger partial charge on any atom is 0.261 e. The van der Waals surface area contributed by atoms with E-state index in [1.54, 1.807) is 30.1 Å². The molecule has 4 atom stereocenters. The fourth-order valence-corrected chi connectivity index (χ4v) is 7.67. The third-order valence-electron chi connectivity index (χ3n) is 10.8. The molecule has 4 aliphatic rings. The Balaban J connectivity index is 1.20. The van der Waals surface area contributed by atoms with Gasteiger partial charge < -0.3 is 19.7 Å². The molecule has 1 aliphatic heterocycles. The summed E-state index contributed by atoms with van der Waals surface area (Å²) in [6.07, 6.45) is 4.38. The number of ether oxygens (including phenoxy) is 2. The maximum absolute atomic E-state index is 14.5. The summed E-state index contributed by atoms with van der Waals surface area (Å²) >= 11 is 0. The van der Waals surface area contributed by atoms with E-state index in [1.807, 2.05) is 18.2 Å². The lowest BCUT2D eigenvalue weighted by molar-refractivity contribution is -0.108. The third kappa shape index (κ3) is 6.45. The number of rotatable bonds is 9. The van der Waals surface area contributed by atoms with Crippen LogP contribution in [-0.4, -0.2) is 84.9 Å². The molecule has 1 saturated heterocycles. The van der Waals surface area contributed by atoms with Crippen LogP contribution in [0.1, 0.15) is 39.2 Å². The van der Waals surface area contributed by atoms with Crippen LogP contribution in [0.5, 0.6) is 5.75 Å². The number of aromatic nitrogens is 2. The zero-order chi connectivity index (χ0) is 31.7. The van der Waals surface area contributed by atoms with Crippen LogP contribution in [0.15, 0.2) is 52.5 Å². The summed E-state index contributed by atoms with van der Waals surface area (Å²) in [4.78, 5) is 28.2. The predicted octanol–water partition coefficient (Wildman–Crippen LogP) is 4.89. The van der Waals surface area contributed by atoms with Gasteiger partial charge in [-0.15, -0.1) is 0 Å². The van der Waals surface area contributed by atoms with Gasteiger partial charge in [-0.2, -0.15) is 0 Å². The minimum absolute atomic E-state index is 0.139. The van der Waals surface area contributed by atoms with Crippen LogP contribution < -0.4 is 15.6 Å². The first-order valence-electron chi connectivity index (χ1n) is 16.3. The minimum atomic E-state index is -0.343. The standard InChI is InChI=1S/C35H47FN6O3/c1-23-29-18-25(35(29,2)3)19-31(23)39-34(41-14-12-40(13-15-41)16-17-44-4)38-26-7-9-28-32(20-26)37-22-42(33(28)43)11-10-24-6-8-27(45-5)21-30(24)36/h6-9,20-23,25,29,31H,10-19H2,1-5H3,(H,38,39). The normalized spacial score (nSPS) is 24.8. The van der Waals surface area contributed by atoms with Crippen molar-refractivity contribution >= 4 is 22.5 Å². The van der Waals surface area contributed by atoms with Gasteiger partial charge in [0, 0.05) is 58.1 Å². The predicted molar refractivity (Wildman–Crippen MR) is 177 cm³/mol. The second-order valence-corrected chi connectivity index (χ2v) is 13.6. The molecule has 7 rings (SSSR count). The van der Waals surface area contributed by atoms with Gasteiger partial charge in [0.15, 0.2) is 5.96 Å². The zero-order valence-electron chi connectivity index (χ0n) is 27.3. The first-order chi connectivity index (χ1) is 21.7. The number of methoxy groups -OCH3 is 2. The van der Waals surface area contributed by atoms with E-state index in [1.165, 1.54) is 19.6 Å². The Morgan fingerprint density at radius 2 is 1.89 bits per heavy atom. The van der Waals surface area contributed by atoms with Crippen molar-refractivity contribution in [1.29, 1.82) is 0 Å². The largest absolute Gasteiger partial charge is 0.497 e. The van der Waals surface area contributed by atoms with Gasteiger partial charge in [-0.25, -0.2) is 14.4 Å². The van der Waals surface area contributed by atoms with E-state index in [4.69, 9.17) is 14.5 Å². The van der Waals surface area contributed by atoms with Crippen LogP contribution in [0.4, 0.5) is 10.1 Å². The van der Waals surface area contributed by atoms with Gasteiger partial charge in [-0.05, 0) is 72.3 Å². The van der Waals surface area contributed by atoms with Crippen molar-refractivity contribution in [3.8, 4) is 5.75 Å². The first-order valence-corrected chi connectivity index (χ1v) is 16.3. The lowest BCUT2D eigenvalue weighted by Gasteiger charge is -2.61. The molecule has 45 heavy (non-hydrogen) atoms. The highest BCUT2D eigenvalue weighted by molar-refractivity contribution is 5.96. The number of hydrogen-bond donors (Lipinski definition) is 1. The molecule has 1 aromatic heterocycles. The lowest BCUT2D eigenvalue weighted by Crippen LogP contribution is -2.57. The quantitative estimate of drug-likeness (QED) is 0.270. The average Bonchev–Trinajstić information content (AvgIpc) is 3.04. The molecule has 242 valence electrons. The van der Waals surface area contributed by atoms with Crippen LogP contribution in [0, 0.1) is 29.0 Å². The number of guanidine groups is 1. The molecular weight excluding hydrogens is 571 g/mol. The van der Waals surface area contributed by atoms with Crippen LogP contribution >= 0.6 is 0 Å². The summed E-state index contributed by atoms with van der Waals surface area (Å²) in [5, 5.41) is 4.18. The topological polar surface area (TPSA) is 84.2 Å². The number of aliphatic imine (C=N–C) groups is 1. The molecule has 2 aromatic carbocycles. The SMILES string of the molecule is COCCN1CCN(C(=NC2CC3CC(C2C)C3(C)C)Nc2ccc3c(=O)n(CCc4ccc(OC)cc4F)cnc3c2)CC1. The van der Waals surface area contributed by atoms with E-state index < -0.39 is 0 Å². The monoisotopic (exact) mass is 618 g/mol. The Morgan fingerprint density at radius 3 is 2.58 bits per heavy atom. The zero-order valence-corrected chi connectivity index (χ0v) is 27.3. The van der Waals surface area contributed by atoms with Crippen LogP contribution in [-0.2, 0) is 17.7 Å². The van der Waals surface area contributed by atoms with Crippen molar-refractivity contribution in [2.75, 3.05) is 58.9 Å². The molecule has 3 aliphatic carbocycles. The maximum atomic E-state index is 14.5. The smallest absolute Gasteiger partial charge is 0.261 e. The summed E-state index contributed by atoms with van der Waals surface area (Å²) in [7, 11) is 3.26. The van der Waals surface area contributed by atoms with Crippen molar-refractivity contribution in [2.24, 2.45) is 28.2 Å². The van der Waals surface area contributed by atoms with Crippen molar-refractivity contribution in [3.05, 3.63) is 64.5 Å². The van der Waals surface area contributed by atoms with Crippen LogP contribution in [0.25, 0.3) is 10.9 Å². The third-order valence-corrected chi connectivity index (χ3v) is 10.8. The molecule has 9 nitrogen and oxygen atoms in total. The Labute approximate surface area is 265 Å². The van der Waals surface area contributed by atoms with E-state index in [0.717, 1.165) is 63.3 Å². The summed E-state index contributed by atoms with van der Waals surface area (Å²) < 4.78 is 26.4. The number of nitrogens with one attached hydrogen (secondary N) is 1. The number of aryl methyl sites for hydroxylation is 2. The highest BCUT2D eigenvalue weighted by atomic mass is 19.1. The van der Waals surface area contributed by atoms with Gasteiger partial charge in [-0.3, -0.25) is 14.3 Å². The molecule has 10 heteroatoms. The molecule has 4 unspecified atom stereocenters. The van der Waals surface area contributed by atoms with Crippen LogP contribution in [0.2, 0.25) is 0 Å². The Morgan fingerprint density at radius 1 is 1.09 bits per heavy atom. The second-order valence-electron chi connectivity index (χ2n) is 13.6. The van der Waals surface area contributed by atoms with Gasteiger partial charge in [0.05, 0.1) is 37.0 Å². The highest BCUT2D eigenvalue weighted by Gasteiger charge is 2.56. The van der Waals surface area contributed by atoms with Crippen molar-refractivity contribution in [3.63, 3.8) is 0 Å². The molecule has 1 N–H and O–H groups in total. The molecule has 2 bridgehead atoms. The number of hydrogen-bond acceptors (Lipinski definition) is 6. The van der Waals surface area contributed by atoms with Crippen molar-refractivity contribution in [1.82, 2.24) is 19.4 Å². The lowest BCUT2D eigenvalue weighted by atomic mass is 9.45. The van der Waals surface area contributed by atoms with E-state index in [2.05, 4.69) is 40.9 Å². The van der Waals surface area contributed by atoms with Gasteiger partial charge in [0.1, 0.15) is 11.6 Å². The fourth-order valence-electron chi connectivity index (χ4n) is 7.67. The molecule has 0 spiro atoms. The van der Waals surface area contributed by atoms with E-state index in [9.17, 15) is 9.18 Å². The molecule has 4 fully saturated rings.